The molecule has 1 saturated carbocycles. The molecule has 1 fully saturated rings. The summed E-state index contributed by atoms with van der Waals surface area (Å²) >= 11 is 12.4. The van der Waals surface area contributed by atoms with Gasteiger partial charge in [-0.2, -0.15) is 4.98 Å². The molecule has 0 saturated heterocycles. The number of cyclic esters (lactones) is 1. The third kappa shape index (κ3) is 5.33. The molecule has 0 spiro atoms. The third-order valence-electron chi connectivity index (χ3n) is 7.53. The van der Waals surface area contributed by atoms with Crippen molar-refractivity contribution in [2.45, 2.75) is 76.4 Å². The minimum absolute atomic E-state index is 0.0309. The summed E-state index contributed by atoms with van der Waals surface area (Å²) in [6.07, 6.45) is 8.60. The fourth-order valence-electron chi connectivity index (χ4n) is 5.59. The number of halogens is 2. The molecule has 5 rings (SSSR count). The van der Waals surface area contributed by atoms with Crippen LogP contribution in [-0.2, 0) is 28.0 Å². The van der Waals surface area contributed by atoms with Crippen molar-refractivity contribution in [1.82, 2.24) is 19.6 Å². The van der Waals surface area contributed by atoms with E-state index in [4.69, 9.17) is 27.9 Å². The van der Waals surface area contributed by atoms with Crippen LogP contribution in [0.3, 0.4) is 0 Å². The van der Waals surface area contributed by atoms with E-state index >= 15 is 0 Å². The van der Waals surface area contributed by atoms with E-state index in [0.717, 1.165) is 31.2 Å². The molecule has 10 heteroatoms. The van der Waals surface area contributed by atoms with Gasteiger partial charge in [-0.1, -0.05) is 48.2 Å². The summed E-state index contributed by atoms with van der Waals surface area (Å²) in [7, 11) is 0. The second-order valence-corrected chi connectivity index (χ2v) is 11.5. The first-order valence-corrected chi connectivity index (χ1v) is 13.3. The minimum Gasteiger partial charge on any atom is -0.512 e. The van der Waals surface area contributed by atoms with Gasteiger partial charge in [-0.25, -0.2) is 14.3 Å². The second-order valence-electron chi connectivity index (χ2n) is 10.6. The maximum atomic E-state index is 13.3. The molecule has 0 amide bonds. The quantitative estimate of drug-likeness (QED) is 0.376. The van der Waals surface area contributed by atoms with E-state index in [9.17, 15) is 15.0 Å². The minimum atomic E-state index is -1.04. The van der Waals surface area contributed by atoms with Gasteiger partial charge in [0.05, 0.1) is 28.6 Å². The van der Waals surface area contributed by atoms with Crippen molar-refractivity contribution >= 4 is 34.9 Å². The number of ether oxygens (including phenoxy) is 1. The highest BCUT2D eigenvalue weighted by molar-refractivity contribution is 6.31. The Labute approximate surface area is 225 Å². The van der Waals surface area contributed by atoms with Gasteiger partial charge in [-0.15, -0.1) is 5.10 Å². The molecule has 1 unspecified atom stereocenters. The summed E-state index contributed by atoms with van der Waals surface area (Å²) in [5.41, 5.74) is -0.000941. The van der Waals surface area contributed by atoms with Crippen molar-refractivity contribution in [1.29, 1.82) is 0 Å². The molecule has 2 N–H and O–H groups in total. The van der Waals surface area contributed by atoms with E-state index in [1.807, 2.05) is 18.2 Å². The lowest BCUT2D eigenvalue weighted by Gasteiger charge is -2.41. The lowest BCUT2D eigenvalue weighted by atomic mass is 9.76. The van der Waals surface area contributed by atoms with E-state index in [-0.39, 0.29) is 30.1 Å². The van der Waals surface area contributed by atoms with Crippen molar-refractivity contribution in [3.63, 3.8) is 0 Å². The van der Waals surface area contributed by atoms with Crippen LogP contribution in [0.2, 0.25) is 10.0 Å². The molecular formula is C27H30Cl2N4O4. The number of hydrogen-bond acceptors (Lipinski definition) is 7. The predicted octanol–water partition coefficient (Wildman–Crippen LogP) is 5.52. The highest BCUT2D eigenvalue weighted by Gasteiger charge is 2.48. The summed E-state index contributed by atoms with van der Waals surface area (Å²) in [5.74, 6) is 0.381. The lowest BCUT2D eigenvalue weighted by molar-refractivity contribution is -0.167. The van der Waals surface area contributed by atoms with Crippen LogP contribution in [0.5, 0.6) is 0 Å². The Kier molecular flexibility index (Phi) is 6.94. The number of aliphatic hydroxyl groups is 2. The summed E-state index contributed by atoms with van der Waals surface area (Å²) in [5, 5.41) is 26.7. The largest absolute Gasteiger partial charge is 0.512 e. The van der Waals surface area contributed by atoms with Gasteiger partial charge in [-0.3, -0.25) is 0 Å². The van der Waals surface area contributed by atoms with Crippen molar-refractivity contribution < 1.29 is 19.7 Å². The molecule has 3 aromatic rings. The average molecular weight is 545 g/mol. The van der Waals surface area contributed by atoms with E-state index in [2.05, 4.69) is 15.1 Å². The monoisotopic (exact) mass is 544 g/mol. The smallest absolute Gasteiger partial charge is 0.338 e. The van der Waals surface area contributed by atoms with Crippen LogP contribution < -0.4 is 0 Å². The normalized spacial score (nSPS) is 21.2. The van der Waals surface area contributed by atoms with Crippen molar-refractivity contribution in [2.24, 2.45) is 5.92 Å². The number of esters is 1. The SMILES string of the molecule is CC(C)(O)c1ccc(CCC2(C3CCCC3)CC(O)=C(Cc3nc4ncc(Cl)cn4n3)C(=O)O2)cc1Cl. The second kappa shape index (κ2) is 9.89. The highest BCUT2D eigenvalue weighted by Crippen LogP contribution is 2.46. The van der Waals surface area contributed by atoms with E-state index in [0.29, 0.717) is 40.1 Å². The molecule has 8 nitrogen and oxygen atoms in total. The van der Waals surface area contributed by atoms with Gasteiger partial charge < -0.3 is 14.9 Å². The van der Waals surface area contributed by atoms with Gasteiger partial charge in [-0.05, 0) is 57.1 Å². The first-order valence-electron chi connectivity index (χ1n) is 12.6. The summed E-state index contributed by atoms with van der Waals surface area (Å²) in [6.45, 7) is 3.40. The van der Waals surface area contributed by atoms with Gasteiger partial charge in [0.1, 0.15) is 11.4 Å². The number of aliphatic hydroxyl groups excluding tert-OH is 1. The zero-order chi connectivity index (χ0) is 26.4. The molecule has 2 aromatic heterocycles. The van der Waals surface area contributed by atoms with Crippen molar-refractivity contribution in [3.05, 3.63) is 68.9 Å². The van der Waals surface area contributed by atoms with Gasteiger partial charge in [0.25, 0.3) is 5.78 Å². The van der Waals surface area contributed by atoms with Crippen LogP contribution in [0.25, 0.3) is 5.78 Å². The molecule has 2 aliphatic rings. The molecule has 37 heavy (non-hydrogen) atoms. The Hall–Kier alpha value is -2.68. The number of nitrogens with zero attached hydrogens (tertiary/aromatic N) is 4. The van der Waals surface area contributed by atoms with E-state index in [1.165, 1.54) is 10.7 Å². The fourth-order valence-corrected chi connectivity index (χ4v) is 6.16. The first-order chi connectivity index (χ1) is 17.5. The maximum absolute atomic E-state index is 13.3. The maximum Gasteiger partial charge on any atom is 0.338 e. The highest BCUT2D eigenvalue weighted by atomic mass is 35.5. The zero-order valence-corrected chi connectivity index (χ0v) is 22.4. The number of hydrogen-bond donors (Lipinski definition) is 2. The van der Waals surface area contributed by atoms with Crippen molar-refractivity contribution in [2.75, 3.05) is 0 Å². The summed E-state index contributed by atoms with van der Waals surface area (Å²) < 4.78 is 7.65. The molecule has 1 aliphatic carbocycles. The Balaban J connectivity index is 1.38. The van der Waals surface area contributed by atoms with Crippen LogP contribution in [0.1, 0.15) is 69.3 Å². The number of benzene rings is 1. The number of carbonyl (C=O) groups excluding carboxylic acids is 1. The van der Waals surface area contributed by atoms with Crippen LogP contribution in [0, 0.1) is 5.92 Å². The van der Waals surface area contributed by atoms with E-state index < -0.39 is 17.2 Å². The summed E-state index contributed by atoms with van der Waals surface area (Å²) in [6, 6.07) is 5.65. The number of aryl methyl sites for hydroxylation is 1. The molecular weight excluding hydrogens is 515 g/mol. The van der Waals surface area contributed by atoms with Gasteiger partial charge in [0, 0.05) is 23.4 Å². The Morgan fingerprint density at radius 3 is 2.68 bits per heavy atom. The number of carbonyl (C=O) groups is 1. The number of rotatable bonds is 7. The predicted molar refractivity (Wildman–Crippen MR) is 140 cm³/mol. The third-order valence-corrected chi connectivity index (χ3v) is 8.03. The molecule has 196 valence electrons. The zero-order valence-electron chi connectivity index (χ0n) is 20.9. The van der Waals surface area contributed by atoms with Crippen LogP contribution >= 0.6 is 23.2 Å². The molecule has 0 bridgehead atoms. The number of aromatic nitrogens is 4. The van der Waals surface area contributed by atoms with Gasteiger partial charge in [0.2, 0.25) is 0 Å². The fraction of sp³-hybridized carbons (Fsp3) is 0.481. The molecule has 1 aromatic carbocycles. The topological polar surface area (TPSA) is 110 Å². The average Bonchev–Trinajstić information content (AvgIpc) is 3.49. The van der Waals surface area contributed by atoms with Crippen LogP contribution in [-0.4, -0.2) is 41.4 Å². The van der Waals surface area contributed by atoms with Crippen LogP contribution in [0.15, 0.2) is 41.9 Å². The Bertz CT molecular complexity index is 1370. The first kappa shape index (κ1) is 25.9. The molecule has 1 aliphatic heterocycles. The van der Waals surface area contributed by atoms with Crippen molar-refractivity contribution in [3.8, 4) is 0 Å². The Morgan fingerprint density at radius 2 is 2.00 bits per heavy atom. The van der Waals surface area contributed by atoms with E-state index in [1.54, 1.807) is 20.0 Å². The molecule has 1 atom stereocenters. The van der Waals surface area contributed by atoms with Gasteiger partial charge >= 0.3 is 5.97 Å². The summed E-state index contributed by atoms with van der Waals surface area (Å²) in [4.78, 5) is 21.7. The number of fused-ring (bicyclic) bond motifs is 1. The lowest BCUT2D eigenvalue weighted by Crippen LogP contribution is -2.46. The molecule has 0 radical (unpaired) electrons. The molecule has 3 heterocycles. The van der Waals surface area contributed by atoms with Crippen LogP contribution in [0.4, 0.5) is 0 Å². The standard InChI is InChI=1S/C27H30Cl2N4O4/c1-26(2,36)20-8-7-16(11-21(20)29)9-10-27(17-5-3-4-6-17)13-22(34)19(24(35)37-27)12-23-31-25-30-14-18(28)15-33(25)32-23/h7-8,11,14-15,17,34,36H,3-6,9-10,12-13H2,1-2H3. The van der Waals surface area contributed by atoms with Gasteiger partial charge in [0.15, 0.2) is 5.82 Å². The Morgan fingerprint density at radius 1 is 1.24 bits per heavy atom.